The maximum absolute atomic E-state index is 5.69. The maximum Gasteiger partial charge on any atom is 0.130 e. The first-order valence-electron chi connectivity index (χ1n) is 11.1. The number of hydrogen-bond acceptors (Lipinski definition) is 6. The molecule has 0 radical (unpaired) electrons. The summed E-state index contributed by atoms with van der Waals surface area (Å²) in [4.78, 5) is 15.7. The Bertz CT molecular complexity index is 1360. The van der Waals surface area contributed by atoms with Gasteiger partial charge in [-0.2, -0.15) is 0 Å². The van der Waals surface area contributed by atoms with E-state index < -0.39 is 0 Å². The number of H-pyrrole nitrogens is 1. The molecule has 5 heterocycles. The molecule has 0 unspecified atom stereocenters. The number of nitrogens with one attached hydrogen (secondary N) is 3. The van der Waals surface area contributed by atoms with Gasteiger partial charge in [0.25, 0.3) is 0 Å². The maximum atomic E-state index is 5.69. The van der Waals surface area contributed by atoms with E-state index in [2.05, 4.69) is 71.0 Å². The lowest BCUT2D eigenvalue weighted by molar-refractivity contribution is 0.0986. The lowest BCUT2D eigenvalue weighted by atomic mass is 9.95. The third kappa shape index (κ3) is 3.04. The Balaban J connectivity index is 1.68. The first-order chi connectivity index (χ1) is 15.7. The molecule has 0 aliphatic carbocycles. The number of benzene rings is 1. The standard InChI is InChI=1S/C25H26N6O/c1-15-13-27-24(21-7-9-28-30-21)25-23(15)19(17-4-3-5-20-18(17)6-8-26-20)12-22(29-25)31-10-11-32-14-16(31)2/h3-8,12-13,16,26,28,30H,9-11,14H2,1-2H3/t16-/m1/s1. The van der Waals surface area contributed by atoms with Crippen LogP contribution >= 0.6 is 0 Å². The normalized spacial score (nSPS) is 18.9. The van der Waals surface area contributed by atoms with Crippen LogP contribution in [0.1, 0.15) is 18.2 Å². The molecule has 0 spiro atoms. The molecule has 162 valence electrons. The van der Waals surface area contributed by atoms with Crippen LogP contribution in [0.5, 0.6) is 0 Å². The monoisotopic (exact) mass is 426 g/mol. The van der Waals surface area contributed by atoms with Crippen LogP contribution in [-0.4, -0.2) is 47.3 Å². The summed E-state index contributed by atoms with van der Waals surface area (Å²) in [6, 6.07) is 11.1. The predicted molar refractivity (Wildman–Crippen MR) is 128 cm³/mol. The summed E-state index contributed by atoms with van der Waals surface area (Å²) in [7, 11) is 0. The fraction of sp³-hybridized carbons (Fsp3) is 0.280. The Morgan fingerprint density at radius 1 is 1.19 bits per heavy atom. The highest BCUT2D eigenvalue weighted by molar-refractivity contribution is 6.07. The van der Waals surface area contributed by atoms with Gasteiger partial charge in [-0.3, -0.25) is 4.98 Å². The van der Waals surface area contributed by atoms with Gasteiger partial charge in [0.1, 0.15) is 17.0 Å². The topological polar surface area (TPSA) is 78.1 Å². The van der Waals surface area contributed by atoms with Gasteiger partial charge in [-0.15, -0.1) is 0 Å². The molecule has 3 N–H and O–H groups in total. The highest BCUT2D eigenvalue weighted by atomic mass is 16.5. The first kappa shape index (κ1) is 19.3. The molecule has 0 saturated carbocycles. The van der Waals surface area contributed by atoms with Gasteiger partial charge in [0.05, 0.1) is 25.0 Å². The highest BCUT2D eigenvalue weighted by Gasteiger charge is 2.24. The van der Waals surface area contributed by atoms with E-state index in [1.165, 1.54) is 16.5 Å². The Morgan fingerprint density at radius 2 is 2.12 bits per heavy atom. The van der Waals surface area contributed by atoms with Crippen LogP contribution in [-0.2, 0) is 4.74 Å². The van der Waals surface area contributed by atoms with Gasteiger partial charge in [-0.25, -0.2) is 10.4 Å². The van der Waals surface area contributed by atoms with Crippen molar-refractivity contribution < 1.29 is 4.74 Å². The van der Waals surface area contributed by atoms with Gasteiger partial charge < -0.3 is 20.0 Å². The fourth-order valence-electron chi connectivity index (χ4n) is 4.84. The van der Waals surface area contributed by atoms with Crippen molar-refractivity contribution in [1.29, 1.82) is 0 Å². The number of ether oxygens (including phenoxy) is 1. The van der Waals surface area contributed by atoms with Crippen molar-refractivity contribution in [2.24, 2.45) is 0 Å². The minimum Gasteiger partial charge on any atom is -0.377 e. The van der Waals surface area contributed by atoms with E-state index in [1.807, 2.05) is 12.4 Å². The Hall–Kier alpha value is -3.42. The number of hydrogen-bond donors (Lipinski definition) is 3. The van der Waals surface area contributed by atoms with E-state index in [1.54, 1.807) is 0 Å². The molecule has 0 amide bonds. The molecule has 2 aliphatic rings. The van der Waals surface area contributed by atoms with Gasteiger partial charge in [-0.1, -0.05) is 12.1 Å². The molecule has 32 heavy (non-hydrogen) atoms. The average molecular weight is 427 g/mol. The van der Waals surface area contributed by atoms with Gasteiger partial charge in [0.15, 0.2) is 0 Å². The Kier molecular flexibility index (Phi) is 4.59. The number of morpholine rings is 1. The van der Waals surface area contributed by atoms with Crippen molar-refractivity contribution >= 4 is 33.3 Å². The summed E-state index contributed by atoms with van der Waals surface area (Å²) in [5.74, 6) is 0.969. The molecule has 1 fully saturated rings. The van der Waals surface area contributed by atoms with Crippen molar-refractivity contribution in [2.75, 3.05) is 31.2 Å². The van der Waals surface area contributed by atoms with Crippen LogP contribution in [0.3, 0.4) is 0 Å². The van der Waals surface area contributed by atoms with E-state index in [-0.39, 0.29) is 6.04 Å². The lowest BCUT2D eigenvalue weighted by Gasteiger charge is -2.35. The number of aryl methyl sites for hydroxylation is 1. The third-order valence-electron chi connectivity index (χ3n) is 6.45. The molecule has 7 heteroatoms. The van der Waals surface area contributed by atoms with Crippen molar-refractivity contribution in [3.63, 3.8) is 0 Å². The largest absolute Gasteiger partial charge is 0.377 e. The zero-order valence-corrected chi connectivity index (χ0v) is 18.3. The summed E-state index contributed by atoms with van der Waals surface area (Å²) >= 11 is 0. The minimum absolute atomic E-state index is 0.260. The highest BCUT2D eigenvalue weighted by Crippen LogP contribution is 2.39. The second-order valence-electron chi connectivity index (χ2n) is 8.53. The average Bonchev–Trinajstić information content (AvgIpc) is 3.51. The Morgan fingerprint density at radius 3 is 2.97 bits per heavy atom. The van der Waals surface area contributed by atoms with E-state index in [4.69, 9.17) is 14.7 Å². The van der Waals surface area contributed by atoms with E-state index in [9.17, 15) is 0 Å². The molecule has 1 atom stereocenters. The van der Waals surface area contributed by atoms with Crippen LogP contribution in [0, 0.1) is 6.92 Å². The summed E-state index contributed by atoms with van der Waals surface area (Å²) in [5, 5.41) is 2.35. The summed E-state index contributed by atoms with van der Waals surface area (Å²) in [6.45, 7) is 7.32. The molecule has 4 aromatic rings. The zero-order valence-electron chi connectivity index (χ0n) is 18.3. The second kappa shape index (κ2) is 7.62. The van der Waals surface area contributed by atoms with Gasteiger partial charge in [0, 0.05) is 41.8 Å². The van der Waals surface area contributed by atoms with Crippen molar-refractivity contribution in [3.05, 3.63) is 60.1 Å². The quantitative estimate of drug-likeness (QED) is 0.463. The molecule has 1 saturated heterocycles. The molecule has 7 nitrogen and oxygen atoms in total. The SMILES string of the molecule is Cc1cnc(C2=CCNN2)c2nc(N3CCOC[C@H]3C)cc(-c3cccc4[nH]ccc34)c12. The van der Waals surface area contributed by atoms with E-state index in [0.29, 0.717) is 13.2 Å². The minimum atomic E-state index is 0.260. The van der Waals surface area contributed by atoms with Crippen LogP contribution < -0.4 is 15.8 Å². The number of rotatable bonds is 3. The summed E-state index contributed by atoms with van der Waals surface area (Å²) < 4.78 is 5.69. The van der Waals surface area contributed by atoms with Crippen LogP contribution in [0.15, 0.2) is 48.8 Å². The molecule has 0 bridgehead atoms. The van der Waals surface area contributed by atoms with Gasteiger partial charge in [0.2, 0.25) is 0 Å². The number of hydrazine groups is 1. The first-order valence-corrected chi connectivity index (χ1v) is 11.1. The number of anilines is 1. The second-order valence-corrected chi connectivity index (χ2v) is 8.53. The van der Waals surface area contributed by atoms with Crippen molar-refractivity contribution in [3.8, 4) is 11.1 Å². The predicted octanol–water partition coefficient (Wildman–Crippen LogP) is 3.76. The number of aromatic nitrogens is 3. The van der Waals surface area contributed by atoms with E-state index >= 15 is 0 Å². The fourth-order valence-corrected chi connectivity index (χ4v) is 4.84. The molecule has 1 aromatic carbocycles. The molecule has 3 aromatic heterocycles. The van der Waals surface area contributed by atoms with Gasteiger partial charge in [-0.05, 0) is 54.8 Å². The third-order valence-corrected chi connectivity index (χ3v) is 6.45. The smallest absolute Gasteiger partial charge is 0.130 e. The van der Waals surface area contributed by atoms with Crippen molar-refractivity contribution in [1.82, 2.24) is 25.8 Å². The summed E-state index contributed by atoms with van der Waals surface area (Å²) in [6.07, 6.45) is 6.08. The molecule has 6 rings (SSSR count). The van der Waals surface area contributed by atoms with Crippen LogP contribution in [0.2, 0.25) is 0 Å². The van der Waals surface area contributed by atoms with Crippen LogP contribution in [0.4, 0.5) is 5.82 Å². The zero-order chi connectivity index (χ0) is 21.7. The van der Waals surface area contributed by atoms with Gasteiger partial charge >= 0.3 is 0 Å². The number of pyridine rings is 2. The lowest BCUT2D eigenvalue weighted by Crippen LogP contribution is -2.44. The van der Waals surface area contributed by atoms with Crippen molar-refractivity contribution in [2.45, 2.75) is 19.9 Å². The molecule has 2 aliphatic heterocycles. The molecular formula is C25H26N6O. The van der Waals surface area contributed by atoms with E-state index in [0.717, 1.165) is 52.3 Å². The number of nitrogens with zero attached hydrogens (tertiary/aromatic N) is 3. The number of aromatic amines is 1. The Labute approximate surface area is 186 Å². The molecular weight excluding hydrogens is 400 g/mol. The van der Waals surface area contributed by atoms with Crippen LogP contribution in [0.25, 0.3) is 38.6 Å². The summed E-state index contributed by atoms with van der Waals surface area (Å²) in [5.41, 5.74) is 13.8. The number of fused-ring (bicyclic) bond motifs is 2.